The van der Waals surface area contributed by atoms with Crippen LogP contribution in [0.2, 0.25) is 0 Å². The van der Waals surface area contributed by atoms with Gasteiger partial charge in [-0.05, 0) is 28.5 Å². The van der Waals surface area contributed by atoms with Crippen LogP contribution in [0.3, 0.4) is 0 Å². The van der Waals surface area contributed by atoms with E-state index in [0.29, 0.717) is 30.3 Å². The minimum absolute atomic E-state index is 0. The summed E-state index contributed by atoms with van der Waals surface area (Å²) in [5.74, 6) is -55.2. The summed E-state index contributed by atoms with van der Waals surface area (Å²) in [6, 6.07) is 3.43. The van der Waals surface area contributed by atoms with E-state index in [-0.39, 0.29) is 18.9 Å². The van der Waals surface area contributed by atoms with Gasteiger partial charge in [0.05, 0.1) is 4.90 Å². The normalized spacial score (nSPS) is 14.9. The topological polar surface area (TPSA) is 57.2 Å². The van der Waals surface area contributed by atoms with Crippen LogP contribution in [0.4, 0.5) is 70.2 Å². The molecular weight excluding hydrogens is 619 g/mol. The van der Waals surface area contributed by atoms with Gasteiger partial charge >= 0.3 is 66.7 Å². The fraction of sp³-hybridized carbons (Fsp3) is 0.474. The molecule has 0 unspecified atom stereocenters. The van der Waals surface area contributed by atoms with Crippen LogP contribution >= 0.6 is 0 Å². The number of rotatable bonds is 10. The van der Waals surface area contributed by atoms with E-state index in [1.165, 1.54) is 0 Å². The van der Waals surface area contributed by atoms with Crippen molar-refractivity contribution in [3.8, 4) is 0 Å². The molecule has 2 rings (SSSR count). The van der Waals surface area contributed by atoms with Crippen molar-refractivity contribution in [3.63, 3.8) is 0 Å². The molecule has 21 heteroatoms. The third-order valence-corrected chi connectivity index (χ3v) is 6.20. The minimum Gasteiger partial charge on any atom is -0.744 e. The van der Waals surface area contributed by atoms with E-state index < -0.39 is 85.7 Å². The van der Waals surface area contributed by atoms with E-state index in [1.807, 2.05) is 0 Å². The van der Waals surface area contributed by atoms with Gasteiger partial charge in [0, 0.05) is 6.42 Å². The van der Waals surface area contributed by atoms with Gasteiger partial charge in [0.15, 0.2) is 0 Å². The summed E-state index contributed by atoms with van der Waals surface area (Å²) in [7, 11) is -5.18. The summed E-state index contributed by atoms with van der Waals surface area (Å²) in [5, 5.41) is -1.19. The van der Waals surface area contributed by atoms with Crippen LogP contribution in [0, 0.1) is 0 Å². The first-order chi connectivity index (χ1) is 17.1. The Kier molecular flexibility index (Phi) is 9.41. The zero-order chi connectivity index (χ0) is 30.8. The quantitative estimate of drug-likeness (QED) is 0.227. The molecular formula is C19H9F16LiO3S. The molecule has 0 fully saturated rings. The van der Waals surface area contributed by atoms with Gasteiger partial charge in [-0.3, -0.25) is 0 Å². The predicted octanol–water partition coefficient (Wildman–Crippen LogP) is 4.00. The molecule has 0 aliphatic rings. The second-order valence-electron chi connectivity index (χ2n) is 7.93. The van der Waals surface area contributed by atoms with E-state index in [4.69, 9.17) is 0 Å². The summed E-state index contributed by atoms with van der Waals surface area (Å²) >= 11 is 0. The SMILES string of the molecule is O=S(=O)([O-])c1ccc2c(CC(F)(F)C(F)(F)C(F)(F)C(F)(F)C(F)(F)C(F)(F)C(F)(F)C(F)F)cccc2c1.[Li+]. The molecule has 0 heterocycles. The van der Waals surface area contributed by atoms with Crippen LogP contribution in [0.25, 0.3) is 10.8 Å². The summed E-state index contributed by atoms with van der Waals surface area (Å²) in [6.45, 7) is 0. The fourth-order valence-electron chi connectivity index (χ4n) is 3.16. The van der Waals surface area contributed by atoms with Crippen molar-refractivity contribution in [2.45, 2.75) is 59.2 Å². The van der Waals surface area contributed by atoms with E-state index in [1.54, 1.807) is 0 Å². The first-order valence-electron chi connectivity index (χ1n) is 9.51. The van der Waals surface area contributed by atoms with Crippen LogP contribution in [0.5, 0.6) is 0 Å². The first kappa shape index (κ1) is 36.1. The molecule has 0 bridgehead atoms. The van der Waals surface area contributed by atoms with Gasteiger partial charge in [0.1, 0.15) is 10.1 Å². The van der Waals surface area contributed by atoms with E-state index in [9.17, 15) is 83.2 Å². The second-order valence-corrected chi connectivity index (χ2v) is 9.31. The molecule has 0 aliphatic carbocycles. The average Bonchev–Trinajstić information content (AvgIpc) is 2.77. The Morgan fingerprint density at radius 1 is 0.675 bits per heavy atom. The van der Waals surface area contributed by atoms with Crippen molar-refractivity contribution in [1.82, 2.24) is 0 Å². The predicted molar refractivity (Wildman–Crippen MR) is 96.2 cm³/mol. The molecule has 0 N–H and O–H groups in total. The van der Waals surface area contributed by atoms with Crippen LogP contribution in [-0.4, -0.2) is 60.9 Å². The van der Waals surface area contributed by atoms with Crippen molar-refractivity contribution >= 4 is 20.9 Å². The minimum atomic E-state index is -8.50. The van der Waals surface area contributed by atoms with Crippen molar-refractivity contribution in [2.24, 2.45) is 0 Å². The van der Waals surface area contributed by atoms with Gasteiger partial charge in [0.25, 0.3) is 0 Å². The number of benzene rings is 2. The Morgan fingerprint density at radius 3 is 1.57 bits per heavy atom. The average molecular weight is 628 g/mol. The third-order valence-electron chi connectivity index (χ3n) is 5.37. The number of alkyl halides is 16. The summed E-state index contributed by atoms with van der Waals surface area (Å²) in [4.78, 5) is -1.00. The van der Waals surface area contributed by atoms with Gasteiger partial charge in [-0.15, -0.1) is 0 Å². The molecule has 0 aromatic heterocycles. The molecule has 0 atom stereocenters. The van der Waals surface area contributed by atoms with Crippen molar-refractivity contribution in [2.75, 3.05) is 0 Å². The van der Waals surface area contributed by atoms with Crippen LogP contribution in [0.1, 0.15) is 5.56 Å². The molecule has 0 spiro atoms. The van der Waals surface area contributed by atoms with Crippen LogP contribution in [-0.2, 0) is 16.5 Å². The maximum absolute atomic E-state index is 14.3. The number of fused-ring (bicyclic) bond motifs is 1. The standard InChI is InChI=1S/C19H10F16O3S.Li/c20-12(21)14(24,25)16(28,29)18(32,33)19(34,35)17(30,31)15(26,27)13(22,23)7-9-3-1-2-8-6-10(39(36,37)38)4-5-11(8)9;/h1-6,12H,7H2,(H,36,37,38);/q;+1/p-1. The maximum Gasteiger partial charge on any atom is 1.00 e. The monoisotopic (exact) mass is 628 g/mol. The molecule has 2 aromatic rings. The summed E-state index contributed by atoms with van der Waals surface area (Å²) in [6.07, 6.45) is -8.69. The largest absolute Gasteiger partial charge is 1.00 e. The molecule has 0 saturated carbocycles. The van der Waals surface area contributed by atoms with E-state index >= 15 is 0 Å². The Labute approximate surface area is 224 Å². The van der Waals surface area contributed by atoms with E-state index in [0.717, 1.165) is 6.07 Å². The first-order valence-corrected chi connectivity index (χ1v) is 10.9. The van der Waals surface area contributed by atoms with Crippen molar-refractivity contribution < 1.29 is 102 Å². The van der Waals surface area contributed by atoms with Gasteiger partial charge in [-0.25, -0.2) is 17.2 Å². The third kappa shape index (κ3) is 5.24. The zero-order valence-electron chi connectivity index (χ0n) is 18.9. The Bertz CT molecular complexity index is 1340. The molecule has 40 heavy (non-hydrogen) atoms. The molecule has 0 saturated heterocycles. The van der Waals surface area contributed by atoms with Gasteiger partial charge in [0.2, 0.25) is 0 Å². The summed E-state index contributed by atoms with van der Waals surface area (Å²) < 4.78 is 249. The van der Waals surface area contributed by atoms with Crippen molar-refractivity contribution in [3.05, 3.63) is 42.0 Å². The number of hydrogen-bond acceptors (Lipinski definition) is 3. The molecule has 2 aromatic carbocycles. The Hall–Kier alpha value is -1.91. The Morgan fingerprint density at radius 2 is 1.12 bits per heavy atom. The van der Waals surface area contributed by atoms with Gasteiger partial charge in [-0.1, -0.05) is 24.3 Å². The molecule has 0 amide bonds. The molecule has 0 aliphatic heterocycles. The summed E-state index contributed by atoms with van der Waals surface area (Å²) in [5.41, 5.74) is -1.19. The number of hydrogen-bond donors (Lipinski definition) is 0. The smallest absolute Gasteiger partial charge is 0.744 e. The van der Waals surface area contributed by atoms with Crippen LogP contribution in [0.15, 0.2) is 41.3 Å². The molecule has 222 valence electrons. The fourth-order valence-corrected chi connectivity index (χ4v) is 3.66. The molecule has 0 radical (unpaired) electrons. The van der Waals surface area contributed by atoms with Gasteiger partial charge in [-0.2, -0.15) is 61.5 Å². The Balaban J connectivity index is 0.00000800. The number of halogens is 16. The van der Waals surface area contributed by atoms with Gasteiger partial charge < -0.3 is 4.55 Å². The molecule has 3 nitrogen and oxygen atoms in total. The van der Waals surface area contributed by atoms with Crippen LogP contribution < -0.4 is 18.9 Å². The second kappa shape index (κ2) is 10.4. The van der Waals surface area contributed by atoms with Crippen molar-refractivity contribution in [1.29, 1.82) is 0 Å². The maximum atomic E-state index is 14.3. The van der Waals surface area contributed by atoms with E-state index in [2.05, 4.69) is 0 Å². The zero-order valence-corrected chi connectivity index (χ0v) is 19.7.